The van der Waals surface area contributed by atoms with Crippen molar-refractivity contribution < 1.29 is 4.92 Å². The van der Waals surface area contributed by atoms with E-state index in [1.807, 2.05) is 43.3 Å². The summed E-state index contributed by atoms with van der Waals surface area (Å²) in [5.74, 6) is 0. The van der Waals surface area contributed by atoms with E-state index in [0.717, 1.165) is 10.5 Å². The number of nitro groups is 1. The summed E-state index contributed by atoms with van der Waals surface area (Å²) in [6.07, 6.45) is 0. The summed E-state index contributed by atoms with van der Waals surface area (Å²) in [4.78, 5) is 11.6. The average Bonchev–Trinajstić information content (AvgIpc) is 2.41. The summed E-state index contributed by atoms with van der Waals surface area (Å²) in [5, 5.41) is 11.3. The van der Waals surface area contributed by atoms with Gasteiger partial charge in [0.1, 0.15) is 0 Å². The fourth-order valence-electron chi connectivity index (χ4n) is 1.80. The third kappa shape index (κ3) is 4.25. The van der Waals surface area contributed by atoms with Crippen LogP contribution in [0.4, 0.5) is 0 Å². The number of hydrogen-bond donors (Lipinski definition) is 0. The van der Waals surface area contributed by atoms with Crippen LogP contribution in [0.15, 0.2) is 53.4 Å². The van der Waals surface area contributed by atoms with E-state index in [1.165, 1.54) is 17.3 Å². The molecule has 0 aliphatic rings. The maximum atomic E-state index is 10.9. The van der Waals surface area contributed by atoms with Crippen molar-refractivity contribution in [1.29, 1.82) is 0 Å². The molecule has 2 rings (SSSR count). The van der Waals surface area contributed by atoms with E-state index in [2.05, 4.69) is 0 Å². The molecule has 3 nitrogen and oxygen atoms in total. The van der Waals surface area contributed by atoms with Crippen molar-refractivity contribution in [3.05, 3.63) is 74.8 Å². The Morgan fingerprint density at radius 2 is 1.75 bits per heavy atom. The first-order valence-corrected chi connectivity index (χ1v) is 7.41. The summed E-state index contributed by atoms with van der Waals surface area (Å²) in [7, 11) is 0. The van der Waals surface area contributed by atoms with Crippen LogP contribution in [-0.4, -0.2) is 11.5 Å². The second-order valence-electron chi connectivity index (χ2n) is 4.49. The van der Waals surface area contributed by atoms with E-state index in [0.29, 0.717) is 5.02 Å². The van der Waals surface area contributed by atoms with Crippen molar-refractivity contribution in [2.75, 3.05) is 6.54 Å². The zero-order chi connectivity index (χ0) is 14.5. The molecule has 0 amide bonds. The van der Waals surface area contributed by atoms with Gasteiger partial charge in [0.25, 0.3) is 0 Å². The molecule has 0 saturated heterocycles. The van der Waals surface area contributed by atoms with E-state index in [-0.39, 0.29) is 16.7 Å². The molecule has 0 N–H and O–H groups in total. The zero-order valence-corrected chi connectivity index (χ0v) is 12.5. The molecule has 104 valence electrons. The third-order valence-electron chi connectivity index (χ3n) is 2.86. The van der Waals surface area contributed by atoms with E-state index in [4.69, 9.17) is 11.6 Å². The predicted octanol–water partition coefficient (Wildman–Crippen LogP) is 4.76. The predicted molar refractivity (Wildman–Crippen MR) is 83.1 cm³/mol. The minimum Gasteiger partial charge on any atom is -0.264 e. The number of nitrogens with zero attached hydrogens (tertiary/aromatic N) is 1. The molecule has 20 heavy (non-hydrogen) atoms. The Balaban J connectivity index is 2.21. The molecular formula is C15H14ClNO2S. The smallest absolute Gasteiger partial charge is 0.220 e. The maximum Gasteiger partial charge on any atom is 0.220 e. The molecule has 2 aromatic carbocycles. The van der Waals surface area contributed by atoms with Gasteiger partial charge in [-0.05, 0) is 36.8 Å². The van der Waals surface area contributed by atoms with Gasteiger partial charge >= 0.3 is 0 Å². The summed E-state index contributed by atoms with van der Waals surface area (Å²) in [5.41, 5.74) is 2.09. The van der Waals surface area contributed by atoms with Crippen LogP contribution in [-0.2, 0) is 0 Å². The molecule has 0 fully saturated rings. The molecule has 0 spiro atoms. The minimum atomic E-state index is -0.277. The number of halogens is 1. The van der Waals surface area contributed by atoms with Crippen LogP contribution in [0.25, 0.3) is 0 Å². The summed E-state index contributed by atoms with van der Waals surface area (Å²) in [6.45, 7) is 1.91. The molecule has 0 radical (unpaired) electrons. The van der Waals surface area contributed by atoms with E-state index in [1.54, 1.807) is 12.1 Å². The molecule has 0 aliphatic carbocycles. The Morgan fingerprint density at radius 1 is 1.15 bits per heavy atom. The number of aryl methyl sites for hydroxylation is 1. The van der Waals surface area contributed by atoms with Gasteiger partial charge in [0, 0.05) is 14.8 Å². The topological polar surface area (TPSA) is 43.1 Å². The second-order valence-corrected chi connectivity index (χ2v) is 6.20. The highest BCUT2D eigenvalue weighted by Crippen LogP contribution is 2.35. The van der Waals surface area contributed by atoms with Gasteiger partial charge in [-0.3, -0.25) is 10.1 Å². The zero-order valence-electron chi connectivity index (χ0n) is 11.0. The molecule has 0 bridgehead atoms. The highest BCUT2D eigenvalue weighted by molar-refractivity contribution is 7.99. The van der Waals surface area contributed by atoms with E-state index in [9.17, 15) is 10.1 Å². The van der Waals surface area contributed by atoms with Gasteiger partial charge < -0.3 is 0 Å². The Morgan fingerprint density at radius 3 is 2.30 bits per heavy atom. The van der Waals surface area contributed by atoms with Crippen LogP contribution in [0, 0.1) is 17.0 Å². The minimum absolute atomic E-state index is 0.111. The van der Waals surface area contributed by atoms with Gasteiger partial charge in [-0.1, -0.05) is 41.4 Å². The quantitative estimate of drug-likeness (QED) is 0.454. The van der Waals surface area contributed by atoms with Crippen molar-refractivity contribution >= 4 is 23.4 Å². The average molecular weight is 308 g/mol. The Kier molecular flexibility index (Phi) is 5.04. The highest BCUT2D eigenvalue weighted by Gasteiger charge is 2.19. The number of hydrogen-bond acceptors (Lipinski definition) is 3. The largest absolute Gasteiger partial charge is 0.264 e. The van der Waals surface area contributed by atoms with E-state index >= 15 is 0 Å². The highest BCUT2D eigenvalue weighted by atomic mass is 35.5. The van der Waals surface area contributed by atoms with Gasteiger partial charge in [0.05, 0.1) is 5.25 Å². The molecule has 0 saturated carbocycles. The van der Waals surface area contributed by atoms with Crippen LogP contribution in [0.1, 0.15) is 16.4 Å². The molecule has 0 aliphatic heterocycles. The van der Waals surface area contributed by atoms with Crippen LogP contribution in [0.2, 0.25) is 5.02 Å². The molecule has 5 heteroatoms. The van der Waals surface area contributed by atoms with Crippen molar-refractivity contribution in [2.24, 2.45) is 0 Å². The normalized spacial score (nSPS) is 12.1. The van der Waals surface area contributed by atoms with Crippen LogP contribution < -0.4 is 0 Å². The van der Waals surface area contributed by atoms with Crippen molar-refractivity contribution in [1.82, 2.24) is 0 Å². The Bertz CT molecular complexity index is 584. The fraction of sp³-hybridized carbons (Fsp3) is 0.200. The molecule has 0 heterocycles. The summed E-state index contributed by atoms with van der Waals surface area (Å²) in [6, 6.07) is 15.2. The third-order valence-corrected chi connectivity index (χ3v) is 4.36. The van der Waals surface area contributed by atoms with Crippen molar-refractivity contribution in [3.8, 4) is 0 Å². The molecule has 1 unspecified atom stereocenters. The van der Waals surface area contributed by atoms with Gasteiger partial charge in [-0.25, -0.2) is 0 Å². The number of benzene rings is 2. The maximum absolute atomic E-state index is 10.9. The van der Waals surface area contributed by atoms with Crippen molar-refractivity contribution in [3.63, 3.8) is 0 Å². The molecule has 2 aromatic rings. The molecular weight excluding hydrogens is 294 g/mol. The van der Waals surface area contributed by atoms with Gasteiger partial charge in [-0.2, -0.15) is 0 Å². The van der Waals surface area contributed by atoms with Crippen molar-refractivity contribution in [2.45, 2.75) is 17.1 Å². The summed E-state index contributed by atoms with van der Waals surface area (Å²) < 4.78 is 0. The lowest BCUT2D eigenvalue weighted by Gasteiger charge is -2.13. The van der Waals surface area contributed by atoms with Gasteiger partial charge in [-0.15, -0.1) is 11.8 Å². The first-order chi connectivity index (χ1) is 9.54. The van der Waals surface area contributed by atoms with E-state index < -0.39 is 0 Å². The SMILES string of the molecule is Cc1ccc(SC(C[N+](=O)[O-])c2ccc(Cl)cc2)cc1. The lowest BCUT2D eigenvalue weighted by atomic mass is 10.1. The van der Waals surface area contributed by atoms with Gasteiger partial charge in [0.15, 0.2) is 0 Å². The summed E-state index contributed by atoms with van der Waals surface area (Å²) >= 11 is 7.36. The first-order valence-electron chi connectivity index (χ1n) is 6.15. The molecule has 0 aromatic heterocycles. The monoisotopic (exact) mass is 307 g/mol. The standard InChI is InChI=1S/C15H14ClNO2S/c1-11-2-8-14(9-3-11)20-15(10-17(18)19)12-4-6-13(16)7-5-12/h2-9,15H,10H2,1H3. The Labute approximate surface area is 127 Å². The van der Waals surface area contributed by atoms with Crippen LogP contribution in [0.5, 0.6) is 0 Å². The second kappa shape index (κ2) is 6.77. The Hall–Kier alpha value is -1.52. The first kappa shape index (κ1) is 14.9. The van der Waals surface area contributed by atoms with Gasteiger partial charge in [0.2, 0.25) is 6.54 Å². The lowest BCUT2D eigenvalue weighted by Crippen LogP contribution is -2.09. The fourth-order valence-corrected chi connectivity index (χ4v) is 3.04. The van der Waals surface area contributed by atoms with Crippen LogP contribution in [0.3, 0.4) is 0 Å². The lowest BCUT2D eigenvalue weighted by molar-refractivity contribution is -0.479. The van der Waals surface area contributed by atoms with Crippen LogP contribution >= 0.6 is 23.4 Å². The molecule has 1 atom stereocenters. The number of thioether (sulfide) groups is 1. The number of rotatable bonds is 5.